The zero-order valence-electron chi connectivity index (χ0n) is 9.80. The van der Waals surface area contributed by atoms with Crippen LogP contribution >= 0.6 is 22.6 Å². The SMILES string of the molecule is Nc1c(Nc2ccc(I)cc2)cccc1S(N)(=O)=O. The van der Waals surface area contributed by atoms with Crippen LogP contribution < -0.4 is 16.2 Å². The van der Waals surface area contributed by atoms with Crippen LogP contribution in [0, 0.1) is 3.57 Å². The second kappa shape index (κ2) is 5.35. The van der Waals surface area contributed by atoms with Gasteiger partial charge in [0.15, 0.2) is 0 Å². The van der Waals surface area contributed by atoms with Gasteiger partial charge >= 0.3 is 0 Å². The molecule has 2 aromatic carbocycles. The summed E-state index contributed by atoms with van der Waals surface area (Å²) in [7, 11) is -3.82. The Kier molecular flexibility index (Phi) is 3.97. The van der Waals surface area contributed by atoms with Crippen LogP contribution in [0.15, 0.2) is 47.4 Å². The molecular formula is C12H12IN3O2S. The molecule has 2 aromatic rings. The summed E-state index contributed by atoms with van der Waals surface area (Å²) in [5, 5.41) is 8.17. The lowest BCUT2D eigenvalue weighted by atomic mass is 10.2. The molecule has 5 N–H and O–H groups in total. The number of rotatable bonds is 3. The van der Waals surface area contributed by atoms with Gasteiger partial charge in [-0.1, -0.05) is 6.07 Å². The van der Waals surface area contributed by atoms with Gasteiger partial charge in [-0.05, 0) is 59.0 Å². The zero-order chi connectivity index (χ0) is 14.0. The predicted octanol–water partition coefficient (Wildman–Crippen LogP) is 2.26. The van der Waals surface area contributed by atoms with E-state index >= 15 is 0 Å². The molecule has 0 amide bonds. The molecule has 0 heterocycles. The smallest absolute Gasteiger partial charge is 0.240 e. The van der Waals surface area contributed by atoms with Crippen molar-refractivity contribution in [2.75, 3.05) is 11.1 Å². The van der Waals surface area contributed by atoms with Crippen molar-refractivity contribution in [2.45, 2.75) is 4.90 Å². The number of sulfonamides is 1. The number of hydrogen-bond acceptors (Lipinski definition) is 4. The molecule has 5 nitrogen and oxygen atoms in total. The number of halogens is 1. The first-order valence-electron chi connectivity index (χ1n) is 5.32. The summed E-state index contributed by atoms with van der Waals surface area (Å²) in [4.78, 5) is -0.0805. The van der Waals surface area contributed by atoms with E-state index in [4.69, 9.17) is 10.9 Å². The molecule has 0 saturated heterocycles. The van der Waals surface area contributed by atoms with Gasteiger partial charge in [0.1, 0.15) is 4.90 Å². The summed E-state index contributed by atoms with van der Waals surface area (Å²) < 4.78 is 23.8. The van der Waals surface area contributed by atoms with Crippen molar-refractivity contribution in [1.82, 2.24) is 0 Å². The molecule has 0 atom stereocenters. The lowest BCUT2D eigenvalue weighted by molar-refractivity contribution is 0.598. The topological polar surface area (TPSA) is 98.2 Å². The van der Waals surface area contributed by atoms with Crippen LogP contribution in [0.25, 0.3) is 0 Å². The van der Waals surface area contributed by atoms with E-state index in [9.17, 15) is 8.42 Å². The van der Waals surface area contributed by atoms with Crippen LogP contribution in [0.4, 0.5) is 17.1 Å². The maximum absolute atomic E-state index is 11.4. The van der Waals surface area contributed by atoms with Crippen molar-refractivity contribution in [2.24, 2.45) is 5.14 Å². The van der Waals surface area contributed by atoms with Gasteiger partial charge in [-0.3, -0.25) is 0 Å². The molecule has 0 radical (unpaired) electrons. The van der Waals surface area contributed by atoms with Crippen LogP contribution in [0.2, 0.25) is 0 Å². The highest BCUT2D eigenvalue weighted by atomic mass is 127. The van der Waals surface area contributed by atoms with Gasteiger partial charge in [-0.25, -0.2) is 13.6 Å². The van der Waals surface area contributed by atoms with E-state index in [1.807, 2.05) is 24.3 Å². The van der Waals surface area contributed by atoms with Gasteiger partial charge in [-0.2, -0.15) is 0 Å². The average Bonchev–Trinajstić information content (AvgIpc) is 2.33. The first-order chi connectivity index (χ1) is 8.88. The summed E-state index contributed by atoms with van der Waals surface area (Å²) in [6.07, 6.45) is 0. The molecule has 19 heavy (non-hydrogen) atoms. The van der Waals surface area contributed by atoms with Gasteiger partial charge < -0.3 is 11.1 Å². The lowest BCUT2D eigenvalue weighted by Gasteiger charge is -2.12. The van der Waals surface area contributed by atoms with Crippen molar-refractivity contribution in [3.63, 3.8) is 0 Å². The number of nitrogen functional groups attached to an aromatic ring is 1. The minimum atomic E-state index is -3.82. The monoisotopic (exact) mass is 389 g/mol. The second-order valence-corrected chi connectivity index (χ2v) is 6.67. The van der Waals surface area contributed by atoms with Gasteiger partial charge in [-0.15, -0.1) is 0 Å². The third-order valence-electron chi connectivity index (χ3n) is 2.50. The summed E-state index contributed by atoms with van der Waals surface area (Å²) in [6, 6.07) is 12.3. The number of nitrogens with one attached hydrogen (secondary N) is 1. The van der Waals surface area contributed by atoms with Crippen LogP contribution in [0.1, 0.15) is 0 Å². The van der Waals surface area contributed by atoms with Crippen molar-refractivity contribution in [1.29, 1.82) is 0 Å². The highest BCUT2D eigenvalue weighted by Crippen LogP contribution is 2.28. The molecule has 0 unspecified atom stereocenters. The minimum Gasteiger partial charge on any atom is -0.396 e. The molecule has 0 aliphatic carbocycles. The third-order valence-corrected chi connectivity index (χ3v) is 4.18. The van der Waals surface area contributed by atoms with Crippen molar-refractivity contribution in [3.8, 4) is 0 Å². The van der Waals surface area contributed by atoms with Crippen molar-refractivity contribution in [3.05, 3.63) is 46.0 Å². The third kappa shape index (κ3) is 3.37. The van der Waals surface area contributed by atoms with Crippen LogP contribution in [-0.2, 0) is 10.0 Å². The fourth-order valence-corrected chi connectivity index (χ4v) is 2.63. The average molecular weight is 389 g/mol. The van der Waals surface area contributed by atoms with E-state index in [-0.39, 0.29) is 10.6 Å². The molecule has 0 aromatic heterocycles. The highest BCUT2D eigenvalue weighted by molar-refractivity contribution is 14.1. The molecule has 2 rings (SSSR count). The quantitative estimate of drug-likeness (QED) is 0.554. The molecule has 0 fully saturated rings. The van der Waals surface area contributed by atoms with E-state index in [0.29, 0.717) is 5.69 Å². The summed E-state index contributed by atoms with van der Waals surface area (Å²) in [6.45, 7) is 0. The first kappa shape index (κ1) is 14.1. The fraction of sp³-hybridized carbons (Fsp3) is 0. The Morgan fingerprint density at radius 2 is 1.68 bits per heavy atom. The second-order valence-electron chi connectivity index (χ2n) is 3.89. The Morgan fingerprint density at radius 3 is 2.26 bits per heavy atom. The van der Waals surface area contributed by atoms with E-state index in [2.05, 4.69) is 27.9 Å². The van der Waals surface area contributed by atoms with E-state index in [1.165, 1.54) is 6.07 Å². The maximum Gasteiger partial charge on any atom is 0.240 e. The molecule has 0 spiro atoms. The molecule has 0 saturated carbocycles. The van der Waals surface area contributed by atoms with Crippen molar-refractivity contribution >= 4 is 49.7 Å². The number of hydrogen-bond donors (Lipinski definition) is 3. The standard InChI is InChI=1S/C12H12IN3O2S/c13-8-4-6-9(7-5-8)16-10-2-1-3-11(12(10)14)19(15,17)18/h1-7,16H,14H2,(H2,15,17,18). The number of primary sulfonamides is 1. The lowest BCUT2D eigenvalue weighted by Crippen LogP contribution is -2.15. The Balaban J connectivity index is 2.39. The highest BCUT2D eigenvalue weighted by Gasteiger charge is 2.14. The molecular weight excluding hydrogens is 377 g/mol. The minimum absolute atomic E-state index is 0.0805. The fourth-order valence-electron chi connectivity index (χ4n) is 1.59. The van der Waals surface area contributed by atoms with E-state index < -0.39 is 10.0 Å². The Labute approximate surface area is 125 Å². The summed E-state index contributed by atoms with van der Waals surface area (Å²) >= 11 is 2.20. The van der Waals surface area contributed by atoms with Gasteiger partial charge in [0.25, 0.3) is 0 Å². The summed E-state index contributed by atoms with van der Waals surface area (Å²) in [5.41, 5.74) is 7.26. The van der Waals surface area contributed by atoms with E-state index in [0.717, 1.165) is 9.26 Å². The molecule has 7 heteroatoms. The molecule has 0 bridgehead atoms. The Morgan fingerprint density at radius 1 is 1.05 bits per heavy atom. The van der Waals surface area contributed by atoms with E-state index in [1.54, 1.807) is 12.1 Å². The largest absolute Gasteiger partial charge is 0.396 e. The van der Waals surface area contributed by atoms with Gasteiger partial charge in [0, 0.05) is 9.26 Å². The Hall–Kier alpha value is -1.32. The van der Waals surface area contributed by atoms with Gasteiger partial charge in [0.2, 0.25) is 10.0 Å². The molecule has 0 aliphatic heterocycles. The van der Waals surface area contributed by atoms with Crippen molar-refractivity contribution < 1.29 is 8.42 Å². The van der Waals surface area contributed by atoms with Gasteiger partial charge in [0.05, 0.1) is 11.4 Å². The van der Waals surface area contributed by atoms with Crippen LogP contribution in [0.3, 0.4) is 0 Å². The zero-order valence-corrected chi connectivity index (χ0v) is 12.8. The van der Waals surface area contributed by atoms with Crippen LogP contribution in [0.5, 0.6) is 0 Å². The molecule has 100 valence electrons. The normalized spacial score (nSPS) is 11.3. The number of nitrogens with two attached hydrogens (primary N) is 2. The number of anilines is 3. The number of para-hydroxylation sites is 1. The molecule has 0 aliphatic rings. The first-order valence-corrected chi connectivity index (χ1v) is 7.94. The predicted molar refractivity (Wildman–Crippen MR) is 84.7 cm³/mol. The Bertz CT molecular complexity index is 699. The number of benzene rings is 2. The summed E-state index contributed by atoms with van der Waals surface area (Å²) in [5.74, 6) is 0. The maximum atomic E-state index is 11.4. The van der Waals surface area contributed by atoms with Crippen LogP contribution in [-0.4, -0.2) is 8.42 Å².